The zero-order chi connectivity index (χ0) is 20.6. The number of aromatic nitrogens is 3. The molecule has 3 rings (SSSR count). The molecule has 0 atom stereocenters. The van der Waals surface area contributed by atoms with Crippen LogP contribution in [0, 0.1) is 6.92 Å². The normalized spacial score (nSPS) is 10.6. The molecule has 0 bridgehead atoms. The molecule has 2 aromatic carbocycles. The molecule has 29 heavy (non-hydrogen) atoms. The number of nitrogens with one attached hydrogen (secondary N) is 2. The third-order valence-electron chi connectivity index (χ3n) is 4.19. The topological polar surface area (TPSA) is 88.9 Å². The standard InChI is InChI=1S/C21H23N5O2S/c1-15-7-6-10-17(13-15)23-20(28)14-29-21-25-24-18(26(21)2)11-12-19(27)22-16-8-4-3-5-9-16/h3-10,13H,11-12,14H2,1-2H3,(H,22,27)(H,23,28). The first-order chi connectivity index (χ1) is 14.0. The van der Waals surface area contributed by atoms with Gasteiger partial charge in [0.25, 0.3) is 0 Å². The van der Waals surface area contributed by atoms with E-state index in [0.717, 1.165) is 16.9 Å². The monoisotopic (exact) mass is 409 g/mol. The molecule has 0 aliphatic heterocycles. The van der Waals surface area contributed by atoms with Gasteiger partial charge in [-0.25, -0.2) is 0 Å². The second-order valence-corrected chi connectivity index (χ2v) is 7.52. The number of thioether (sulfide) groups is 1. The minimum absolute atomic E-state index is 0.0778. The van der Waals surface area contributed by atoms with Gasteiger partial charge in [0.1, 0.15) is 5.82 Å². The predicted octanol–water partition coefficient (Wildman–Crippen LogP) is 3.43. The number of para-hydroxylation sites is 1. The van der Waals surface area contributed by atoms with Crippen molar-refractivity contribution in [2.75, 3.05) is 16.4 Å². The van der Waals surface area contributed by atoms with E-state index in [1.807, 2.05) is 73.1 Å². The van der Waals surface area contributed by atoms with Gasteiger partial charge in [0, 0.05) is 31.3 Å². The van der Waals surface area contributed by atoms with Crippen LogP contribution in [0.3, 0.4) is 0 Å². The maximum absolute atomic E-state index is 12.2. The van der Waals surface area contributed by atoms with Gasteiger partial charge in [-0.05, 0) is 36.8 Å². The number of rotatable bonds is 8. The first kappa shape index (κ1) is 20.6. The molecule has 1 aromatic heterocycles. The summed E-state index contributed by atoms with van der Waals surface area (Å²) in [6, 6.07) is 17.0. The number of nitrogens with zero attached hydrogens (tertiary/aromatic N) is 3. The Labute approximate surface area is 173 Å². The van der Waals surface area contributed by atoms with E-state index in [0.29, 0.717) is 23.8 Å². The Morgan fingerprint density at radius 2 is 1.69 bits per heavy atom. The first-order valence-corrected chi connectivity index (χ1v) is 10.2. The Bertz CT molecular complexity index is 988. The molecule has 0 aliphatic carbocycles. The minimum Gasteiger partial charge on any atom is -0.326 e. The average molecular weight is 410 g/mol. The Kier molecular flexibility index (Phi) is 7.02. The molecule has 2 amide bonds. The Morgan fingerprint density at radius 1 is 0.966 bits per heavy atom. The Balaban J connectivity index is 1.47. The van der Waals surface area contributed by atoms with E-state index in [9.17, 15) is 9.59 Å². The van der Waals surface area contributed by atoms with E-state index < -0.39 is 0 Å². The molecule has 0 saturated carbocycles. The summed E-state index contributed by atoms with van der Waals surface area (Å²) in [7, 11) is 1.84. The Hall–Kier alpha value is -3.13. The average Bonchev–Trinajstić information content (AvgIpc) is 3.05. The number of anilines is 2. The van der Waals surface area contributed by atoms with Crippen molar-refractivity contribution in [3.05, 3.63) is 66.0 Å². The third kappa shape index (κ3) is 6.18. The van der Waals surface area contributed by atoms with Crippen LogP contribution in [-0.2, 0) is 23.1 Å². The van der Waals surface area contributed by atoms with E-state index in [4.69, 9.17) is 0 Å². The van der Waals surface area contributed by atoms with Crippen molar-refractivity contribution in [2.24, 2.45) is 7.05 Å². The van der Waals surface area contributed by atoms with Crippen LogP contribution in [0.15, 0.2) is 59.8 Å². The van der Waals surface area contributed by atoms with E-state index >= 15 is 0 Å². The number of hydrogen-bond donors (Lipinski definition) is 2. The molecule has 3 aromatic rings. The molecule has 0 fully saturated rings. The van der Waals surface area contributed by atoms with Gasteiger partial charge < -0.3 is 15.2 Å². The number of carbonyl (C=O) groups excluding carboxylic acids is 2. The van der Waals surface area contributed by atoms with Gasteiger partial charge in [0.05, 0.1) is 5.75 Å². The second-order valence-electron chi connectivity index (χ2n) is 6.58. The summed E-state index contributed by atoms with van der Waals surface area (Å²) in [5.74, 6) is 0.752. The summed E-state index contributed by atoms with van der Waals surface area (Å²) in [5, 5.41) is 14.6. The molecular weight excluding hydrogens is 386 g/mol. The fourth-order valence-electron chi connectivity index (χ4n) is 2.71. The zero-order valence-electron chi connectivity index (χ0n) is 16.4. The quantitative estimate of drug-likeness (QED) is 0.557. The summed E-state index contributed by atoms with van der Waals surface area (Å²) >= 11 is 1.31. The first-order valence-electron chi connectivity index (χ1n) is 9.24. The lowest BCUT2D eigenvalue weighted by atomic mass is 10.2. The summed E-state index contributed by atoms with van der Waals surface area (Å²) in [5.41, 5.74) is 2.63. The minimum atomic E-state index is -0.104. The van der Waals surface area contributed by atoms with Crippen LogP contribution < -0.4 is 10.6 Å². The largest absolute Gasteiger partial charge is 0.326 e. The van der Waals surface area contributed by atoms with Gasteiger partial charge in [0.15, 0.2) is 5.16 Å². The molecule has 0 unspecified atom stereocenters. The van der Waals surface area contributed by atoms with Gasteiger partial charge in [-0.3, -0.25) is 9.59 Å². The summed E-state index contributed by atoms with van der Waals surface area (Å²) in [6.45, 7) is 1.98. The number of hydrogen-bond acceptors (Lipinski definition) is 5. The van der Waals surface area contributed by atoms with Crippen molar-refractivity contribution in [1.82, 2.24) is 14.8 Å². The molecule has 8 heteroatoms. The highest BCUT2D eigenvalue weighted by Crippen LogP contribution is 2.17. The maximum Gasteiger partial charge on any atom is 0.234 e. The third-order valence-corrected chi connectivity index (χ3v) is 5.21. The van der Waals surface area contributed by atoms with E-state index in [1.165, 1.54) is 11.8 Å². The van der Waals surface area contributed by atoms with Crippen LogP contribution in [-0.4, -0.2) is 32.3 Å². The van der Waals surface area contributed by atoms with Crippen molar-refractivity contribution < 1.29 is 9.59 Å². The fourth-order valence-corrected chi connectivity index (χ4v) is 3.44. The van der Waals surface area contributed by atoms with Gasteiger partial charge in [-0.1, -0.05) is 42.1 Å². The van der Waals surface area contributed by atoms with Crippen LogP contribution in [0.1, 0.15) is 17.8 Å². The summed E-state index contributed by atoms with van der Waals surface area (Å²) in [6.07, 6.45) is 0.775. The van der Waals surface area contributed by atoms with Crippen LogP contribution in [0.5, 0.6) is 0 Å². The molecule has 0 spiro atoms. The molecule has 7 nitrogen and oxygen atoms in total. The molecular formula is C21H23N5O2S. The van der Waals surface area contributed by atoms with Crippen molar-refractivity contribution >= 4 is 35.0 Å². The van der Waals surface area contributed by atoms with Gasteiger partial charge in [-0.15, -0.1) is 10.2 Å². The number of aryl methyl sites for hydroxylation is 2. The zero-order valence-corrected chi connectivity index (χ0v) is 17.2. The molecule has 0 saturated heterocycles. The van der Waals surface area contributed by atoms with Crippen molar-refractivity contribution in [2.45, 2.75) is 24.9 Å². The van der Waals surface area contributed by atoms with Gasteiger partial charge >= 0.3 is 0 Å². The highest BCUT2D eigenvalue weighted by Gasteiger charge is 2.13. The van der Waals surface area contributed by atoms with Crippen LogP contribution in [0.4, 0.5) is 11.4 Å². The summed E-state index contributed by atoms with van der Waals surface area (Å²) in [4.78, 5) is 24.3. The maximum atomic E-state index is 12.2. The van der Waals surface area contributed by atoms with Gasteiger partial charge in [-0.2, -0.15) is 0 Å². The molecule has 150 valence electrons. The smallest absolute Gasteiger partial charge is 0.234 e. The predicted molar refractivity (Wildman–Crippen MR) is 115 cm³/mol. The lowest BCUT2D eigenvalue weighted by molar-refractivity contribution is -0.116. The number of amides is 2. The molecule has 1 heterocycles. The highest BCUT2D eigenvalue weighted by molar-refractivity contribution is 7.99. The van der Waals surface area contributed by atoms with E-state index in [1.54, 1.807) is 0 Å². The lowest BCUT2D eigenvalue weighted by Crippen LogP contribution is -2.15. The highest BCUT2D eigenvalue weighted by atomic mass is 32.2. The van der Waals surface area contributed by atoms with E-state index in [2.05, 4.69) is 20.8 Å². The van der Waals surface area contributed by atoms with Crippen molar-refractivity contribution in [3.63, 3.8) is 0 Å². The van der Waals surface area contributed by atoms with Crippen molar-refractivity contribution in [1.29, 1.82) is 0 Å². The van der Waals surface area contributed by atoms with E-state index in [-0.39, 0.29) is 17.6 Å². The molecule has 0 radical (unpaired) electrons. The van der Waals surface area contributed by atoms with Crippen molar-refractivity contribution in [3.8, 4) is 0 Å². The number of carbonyl (C=O) groups is 2. The Morgan fingerprint density at radius 3 is 2.45 bits per heavy atom. The van der Waals surface area contributed by atoms with Crippen LogP contribution >= 0.6 is 11.8 Å². The summed E-state index contributed by atoms with van der Waals surface area (Å²) < 4.78 is 1.82. The van der Waals surface area contributed by atoms with Crippen LogP contribution in [0.25, 0.3) is 0 Å². The lowest BCUT2D eigenvalue weighted by Gasteiger charge is -2.07. The molecule has 2 N–H and O–H groups in total. The van der Waals surface area contributed by atoms with Gasteiger partial charge in [0.2, 0.25) is 11.8 Å². The molecule has 0 aliphatic rings. The van der Waals surface area contributed by atoms with Crippen LogP contribution in [0.2, 0.25) is 0 Å². The number of benzene rings is 2. The second kappa shape index (κ2) is 9.88. The SMILES string of the molecule is Cc1cccc(NC(=O)CSc2nnc(CCC(=O)Nc3ccccc3)n2C)c1. The fraction of sp³-hybridized carbons (Fsp3) is 0.238.